The SMILES string of the molecule is FC(F)C(c1ccccc1)N1CCC(Nc2cc(C(F)(F)F)cnn2)CC1. The average molecular weight is 386 g/mol. The number of benzene rings is 1. The van der Waals surface area contributed by atoms with Crippen LogP contribution in [0.25, 0.3) is 0 Å². The Morgan fingerprint density at radius 2 is 1.74 bits per heavy atom. The molecule has 27 heavy (non-hydrogen) atoms. The van der Waals surface area contributed by atoms with Gasteiger partial charge in [-0.25, -0.2) is 8.78 Å². The second-order valence-corrected chi connectivity index (χ2v) is 6.47. The third-order valence-corrected chi connectivity index (χ3v) is 4.64. The van der Waals surface area contributed by atoms with Gasteiger partial charge in [-0.15, -0.1) is 5.10 Å². The highest BCUT2D eigenvalue weighted by molar-refractivity contribution is 5.37. The van der Waals surface area contributed by atoms with Crippen LogP contribution in [0.4, 0.5) is 27.8 Å². The molecule has 4 nitrogen and oxygen atoms in total. The summed E-state index contributed by atoms with van der Waals surface area (Å²) >= 11 is 0. The van der Waals surface area contributed by atoms with E-state index in [9.17, 15) is 22.0 Å². The van der Waals surface area contributed by atoms with Crippen molar-refractivity contribution in [2.75, 3.05) is 18.4 Å². The maximum absolute atomic E-state index is 13.6. The highest BCUT2D eigenvalue weighted by atomic mass is 19.4. The zero-order chi connectivity index (χ0) is 19.4. The molecule has 2 aromatic rings. The van der Waals surface area contributed by atoms with E-state index in [0.29, 0.717) is 37.7 Å². The van der Waals surface area contributed by atoms with Gasteiger partial charge in [-0.05, 0) is 24.5 Å². The summed E-state index contributed by atoms with van der Waals surface area (Å²) in [5.74, 6) is 0.0387. The van der Waals surface area contributed by atoms with E-state index in [1.165, 1.54) is 0 Å². The van der Waals surface area contributed by atoms with E-state index < -0.39 is 24.2 Å². The van der Waals surface area contributed by atoms with Crippen LogP contribution in [0.5, 0.6) is 0 Å². The van der Waals surface area contributed by atoms with Crippen LogP contribution in [0.1, 0.15) is 30.0 Å². The molecular weight excluding hydrogens is 367 g/mol. The Kier molecular flexibility index (Phi) is 5.88. The number of piperidine rings is 1. The van der Waals surface area contributed by atoms with Gasteiger partial charge >= 0.3 is 6.18 Å². The summed E-state index contributed by atoms with van der Waals surface area (Å²) in [6.07, 6.45) is -5.30. The van der Waals surface area contributed by atoms with Crippen LogP contribution in [0.2, 0.25) is 0 Å². The van der Waals surface area contributed by atoms with Crippen molar-refractivity contribution in [1.82, 2.24) is 15.1 Å². The van der Waals surface area contributed by atoms with Crippen molar-refractivity contribution in [3.63, 3.8) is 0 Å². The van der Waals surface area contributed by atoms with Crippen molar-refractivity contribution in [3.8, 4) is 0 Å². The van der Waals surface area contributed by atoms with Gasteiger partial charge in [0.2, 0.25) is 0 Å². The Morgan fingerprint density at radius 3 is 2.33 bits per heavy atom. The van der Waals surface area contributed by atoms with Crippen LogP contribution in [0.15, 0.2) is 42.6 Å². The Morgan fingerprint density at radius 1 is 1.07 bits per heavy atom. The predicted molar refractivity (Wildman–Crippen MR) is 90.4 cm³/mol. The zero-order valence-corrected chi connectivity index (χ0v) is 14.3. The Balaban J connectivity index is 1.62. The van der Waals surface area contributed by atoms with E-state index in [1.54, 1.807) is 35.2 Å². The maximum atomic E-state index is 13.6. The van der Waals surface area contributed by atoms with Gasteiger partial charge in [0, 0.05) is 19.1 Å². The molecule has 1 unspecified atom stereocenters. The van der Waals surface area contributed by atoms with Gasteiger partial charge in [-0.2, -0.15) is 18.3 Å². The quantitative estimate of drug-likeness (QED) is 0.775. The number of nitrogens with zero attached hydrogens (tertiary/aromatic N) is 3. The molecule has 0 aliphatic carbocycles. The Labute approximate surface area is 153 Å². The topological polar surface area (TPSA) is 41.0 Å². The summed E-state index contributed by atoms with van der Waals surface area (Å²) in [7, 11) is 0. The van der Waals surface area contributed by atoms with Crippen molar-refractivity contribution in [2.45, 2.75) is 37.5 Å². The van der Waals surface area contributed by atoms with Crippen molar-refractivity contribution < 1.29 is 22.0 Å². The Hall–Kier alpha value is -2.29. The van der Waals surface area contributed by atoms with E-state index in [0.717, 1.165) is 6.07 Å². The molecule has 1 N–H and O–H groups in total. The molecule has 0 amide bonds. The highest BCUT2D eigenvalue weighted by Gasteiger charge is 2.33. The van der Waals surface area contributed by atoms with Gasteiger partial charge in [0.15, 0.2) is 0 Å². The first-order valence-electron chi connectivity index (χ1n) is 8.58. The first kappa shape index (κ1) is 19.5. The van der Waals surface area contributed by atoms with E-state index in [2.05, 4.69) is 15.5 Å². The number of aromatic nitrogens is 2. The molecule has 1 fully saturated rings. The van der Waals surface area contributed by atoms with Crippen LogP contribution < -0.4 is 5.32 Å². The lowest BCUT2D eigenvalue weighted by Crippen LogP contribution is -2.43. The van der Waals surface area contributed by atoms with Crippen LogP contribution in [-0.2, 0) is 6.18 Å². The molecule has 1 atom stereocenters. The summed E-state index contributed by atoms with van der Waals surface area (Å²) in [6.45, 7) is 0.821. The number of alkyl halides is 5. The largest absolute Gasteiger partial charge is 0.418 e. The minimum absolute atomic E-state index is 0.0387. The van der Waals surface area contributed by atoms with Gasteiger partial charge in [0.25, 0.3) is 6.43 Å². The number of hydrogen-bond acceptors (Lipinski definition) is 4. The average Bonchev–Trinajstić information content (AvgIpc) is 2.63. The van der Waals surface area contributed by atoms with Crippen LogP contribution in [0.3, 0.4) is 0 Å². The molecule has 1 aromatic carbocycles. The molecule has 0 spiro atoms. The van der Waals surface area contributed by atoms with E-state index >= 15 is 0 Å². The molecule has 0 bridgehead atoms. The highest BCUT2D eigenvalue weighted by Crippen LogP contribution is 2.32. The smallest absolute Gasteiger partial charge is 0.366 e. The van der Waals surface area contributed by atoms with E-state index in [1.807, 2.05) is 0 Å². The van der Waals surface area contributed by atoms with Gasteiger partial charge in [0.1, 0.15) is 5.82 Å². The molecule has 9 heteroatoms. The molecule has 2 heterocycles. The summed E-state index contributed by atoms with van der Waals surface area (Å²) < 4.78 is 65.4. The molecule has 3 rings (SSSR count). The lowest BCUT2D eigenvalue weighted by Gasteiger charge is -2.37. The minimum atomic E-state index is -4.49. The third kappa shape index (κ3) is 4.91. The van der Waals surface area contributed by atoms with Crippen LogP contribution in [0, 0.1) is 0 Å². The summed E-state index contributed by atoms with van der Waals surface area (Å²) in [5.41, 5.74) is -0.318. The number of halogens is 5. The summed E-state index contributed by atoms with van der Waals surface area (Å²) in [6, 6.07) is 8.37. The first-order chi connectivity index (χ1) is 12.8. The molecule has 1 aliphatic heterocycles. The number of likely N-dealkylation sites (tertiary alicyclic amines) is 1. The summed E-state index contributed by atoms with van der Waals surface area (Å²) in [5, 5.41) is 10.00. The maximum Gasteiger partial charge on any atom is 0.418 e. The van der Waals surface area contributed by atoms with Crippen molar-refractivity contribution in [3.05, 3.63) is 53.7 Å². The molecule has 146 valence electrons. The molecule has 0 radical (unpaired) electrons. The lowest BCUT2D eigenvalue weighted by molar-refractivity contribution is -0.137. The van der Waals surface area contributed by atoms with Gasteiger partial charge in [0.05, 0.1) is 17.8 Å². The number of rotatable bonds is 5. The van der Waals surface area contributed by atoms with Gasteiger partial charge in [-0.1, -0.05) is 30.3 Å². The first-order valence-corrected chi connectivity index (χ1v) is 8.58. The standard InChI is InChI=1S/C18H19F5N4/c19-17(20)16(12-4-2-1-3-5-12)27-8-6-14(7-9-27)25-15-10-13(11-24-26-15)18(21,22)23/h1-5,10-11,14,16-17H,6-9H2,(H,25,26). The van der Waals surface area contributed by atoms with Crippen molar-refractivity contribution in [1.29, 1.82) is 0 Å². The second-order valence-electron chi connectivity index (χ2n) is 6.47. The molecule has 1 saturated heterocycles. The number of anilines is 1. The molecular formula is C18H19F5N4. The van der Waals surface area contributed by atoms with E-state index in [4.69, 9.17) is 0 Å². The minimum Gasteiger partial charge on any atom is -0.366 e. The second kappa shape index (κ2) is 8.16. The van der Waals surface area contributed by atoms with Crippen LogP contribution >= 0.6 is 0 Å². The Bertz CT molecular complexity index is 730. The lowest BCUT2D eigenvalue weighted by atomic mass is 9.99. The van der Waals surface area contributed by atoms with Gasteiger partial charge < -0.3 is 5.32 Å². The fraction of sp³-hybridized carbons (Fsp3) is 0.444. The zero-order valence-electron chi connectivity index (χ0n) is 14.3. The number of hydrogen-bond donors (Lipinski definition) is 1. The van der Waals surface area contributed by atoms with Crippen molar-refractivity contribution >= 4 is 5.82 Å². The molecule has 0 saturated carbocycles. The van der Waals surface area contributed by atoms with Crippen LogP contribution in [-0.4, -0.2) is 40.7 Å². The normalized spacial score (nSPS) is 17.9. The van der Waals surface area contributed by atoms with E-state index in [-0.39, 0.29) is 11.9 Å². The number of nitrogens with one attached hydrogen (secondary N) is 1. The monoisotopic (exact) mass is 386 g/mol. The summed E-state index contributed by atoms with van der Waals surface area (Å²) in [4.78, 5) is 1.72. The fourth-order valence-electron chi connectivity index (χ4n) is 3.29. The third-order valence-electron chi connectivity index (χ3n) is 4.64. The predicted octanol–water partition coefficient (Wildman–Crippen LogP) is 4.38. The molecule has 1 aliphatic rings. The van der Waals surface area contributed by atoms with Crippen molar-refractivity contribution in [2.24, 2.45) is 0 Å². The molecule has 1 aromatic heterocycles. The fourth-order valence-corrected chi connectivity index (χ4v) is 3.29. The van der Waals surface area contributed by atoms with Gasteiger partial charge in [-0.3, -0.25) is 4.90 Å².